The summed E-state index contributed by atoms with van der Waals surface area (Å²) in [5.74, 6) is 0.780. The van der Waals surface area contributed by atoms with Crippen LogP contribution in [-0.2, 0) is 4.79 Å². The lowest BCUT2D eigenvalue weighted by Crippen LogP contribution is -2.46. The van der Waals surface area contributed by atoms with Crippen molar-refractivity contribution >= 4 is 17.4 Å². The van der Waals surface area contributed by atoms with Crippen LogP contribution in [-0.4, -0.2) is 67.1 Å². The van der Waals surface area contributed by atoms with Crippen molar-refractivity contribution in [3.63, 3.8) is 0 Å². The number of amides is 1. The highest BCUT2D eigenvalue weighted by molar-refractivity contribution is 5.79. The number of piperidine rings is 1. The van der Waals surface area contributed by atoms with Crippen LogP contribution < -0.4 is 15.1 Å². The van der Waals surface area contributed by atoms with Crippen molar-refractivity contribution in [1.29, 1.82) is 0 Å². The number of hydrogen-bond donors (Lipinski definition) is 1. The monoisotopic (exact) mass is 426 g/mol. The number of halogens is 1. The molecule has 1 aromatic heterocycles. The molecule has 1 N–H and O–H groups in total. The van der Waals surface area contributed by atoms with Crippen LogP contribution in [0.15, 0.2) is 36.8 Å². The molecule has 1 unspecified atom stereocenters. The first-order valence-corrected chi connectivity index (χ1v) is 11.1. The molecule has 2 aromatic rings. The maximum atomic E-state index is 13.1. The molecule has 0 radical (unpaired) electrons. The van der Waals surface area contributed by atoms with Crippen LogP contribution in [0.3, 0.4) is 0 Å². The second kappa shape index (κ2) is 9.60. The average molecular weight is 427 g/mol. The van der Waals surface area contributed by atoms with E-state index in [0.29, 0.717) is 0 Å². The minimum atomic E-state index is -0.268. The summed E-state index contributed by atoms with van der Waals surface area (Å²) in [5, 5.41) is 3.09. The Morgan fingerprint density at radius 1 is 1.06 bits per heavy atom. The summed E-state index contributed by atoms with van der Waals surface area (Å²) in [5.41, 5.74) is 1.97. The number of hydrogen-bond acceptors (Lipinski definition) is 6. The maximum absolute atomic E-state index is 13.1. The molecule has 0 aliphatic carbocycles. The number of aromatic nitrogens is 2. The lowest BCUT2D eigenvalue weighted by molar-refractivity contribution is -0.126. The number of nitrogens with zero attached hydrogens (tertiary/aromatic N) is 5. The third kappa shape index (κ3) is 5.12. The van der Waals surface area contributed by atoms with Crippen molar-refractivity contribution in [2.45, 2.75) is 25.8 Å². The van der Waals surface area contributed by atoms with Crippen molar-refractivity contribution in [3.8, 4) is 0 Å². The Kier molecular flexibility index (Phi) is 6.65. The molecule has 4 rings (SSSR count). The molecule has 7 nitrogen and oxygen atoms in total. The van der Waals surface area contributed by atoms with E-state index in [1.54, 1.807) is 18.5 Å². The zero-order valence-corrected chi connectivity index (χ0v) is 18.3. The van der Waals surface area contributed by atoms with E-state index in [4.69, 9.17) is 0 Å². The first kappa shape index (κ1) is 21.5. The van der Waals surface area contributed by atoms with Gasteiger partial charge in [0, 0.05) is 45.2 Å². The minimum Gasteiger partial charge on any atom is -0.367 e. The van der Waals surface area contributed by atoms with Crippen molar-refractivity contribution in [2.24, 2.45) is 5.92 Å². The number of benzene rings is 1. The SMILES string of the molecule is CC(NC(=O)C1CCN(c2cncnc2N2CCN(C)CC2)CC1)c1ccc(F)cc1. The van der Waals surface area contributed by atoms with Gasteiger partial charge in [0.15, 0.2) is 5.82 Å². The van der Waals surface area contributed by atoms with E-state index < -0.39 is 0 Å². The fourth-order valence-electron chi connectivity index (χ4n) is 4.35. The van der Waals surface area contributed by atoms with Crippen LogP contribution in [0.1, 0.15) is 31.4 Å². The third-order valence-electron chi connectivity index (χ3n) is 6.41. The Morgan fingerprint density at radius 2 is 1.74 bits per heavy atom. The van der Waals surface area contributed by atoms with Gasteiger partial charge in [0.2, 0.25) is 5.91 Å². The van der Waals surface area contributed by atoms with Gasteiger partial charge in [-0.2, -0.15) is 0 Å². The molecule has 2 aliphatic heterocycles. The molecule has 0 spiro atoms. The zero-order chi connectivity index (χ0) is 21.8. The smallest absolute Gasteiger partial charge is 0.223 e. The highest BCUT2D eigenvalue weighted by atomic mass is 19.1. The van der Waals surface area contributed by atoms with Gasteiger partial charge < -0.3 is 20.0 Å². The normalized spacial score (nSPS) is 19.3. The zero-order valence-electron chi connectivity index (χ0n) is 18.3. The fourth-order valence-corrected chi connectivity index (χ4v) is 4.35. The summed E-state index contributed by atoms with van der Waals surface area (Å²) < 4.78 is 13.1. The molecule has 3 heterocycles. The molecule has 0 bridgehead atoms. The molecule has 2 aliphatic rings. The quantitative estimate of drug-likeness (QED) is 0.793. The van der Waals surface area contributed by atoms with Crippen LogP contribution in [0, 0.1) is 11.7 Å². The number of carbonyl (C=O) groups excluding carboxylic acids is 1. The third-order valence-corrected chi connectivity index (χ3v) is 6.41. The van der Waals surface area contributed by atoms with E-state index in [0.717, 1.165) is 69.2 Å². The van der Waals surface area contributed by atoms with E-state index in [-0.39, 0.29) is 23.7 Å². The van der Waals surface area contributed by atoms with Gasteiger partial charge in [-0.3, -0.25) is 4.79 Å². The largest absolute Gasteiger partial charge is 0.367 e. The molecule has 1 atom stereocenters. The average Bonchev–Trinajstić information content (AvgIpc) is 2.80. The van der Waals surface area contributed by atoms with Gasteiger partial charge in [0.1, 0.15) is 12.1 Å². The Hall–Kier alpha value is -2.74. The highest BCUT2D eigenvalue weighted by Crippen LogP contribution is 2.30. The molecule has 2 saturated heterocycles. The summed E-state index contributed by atoms with van der Waals surface area (Å²) in [6.45, 7) is 7.51. The summed E-state index contributed by atoms with van der Waals surface area (Å²) in [7, 11) is 2.14. The first-order valence-electron chi connectivity index (χ1n) is 11.1. The molecule has 166 valence electrons. The van der Waals surface area contributed by atoms with E-state index in [1.165, 1.54) is 12.1 Å². The number of nitrogens with one attached hydrogen (secondary N) is 1. The molecule has 0 saturated carbocycles. The predicted molar refractivity (Wildman–Crippen MR) is 120 cm³/mol. The number of piperazine rings is 1. The van der Waals surface area contributed by atoms with Gasteiger partial charge in [-0.1, -0.05) is 12.1 Å². The Labute approximate surface area is 183 Å². The standard InChI is InChI=1S/C23H31FN6O/c1-17(18-3-5-20(24)6-4-18)27-23(31)19-7-9-29(10-8-19)21-15-25-16-26-22(21)30-13-11-28(2)12-14-30/h3-6,15-17,19H,7-14H2,1-2H3,(H,27,31). The molecule has 1 aromatic carbocycles. The summed E-state index contributed by atoms with van der Waals surface area (Å²) in [4.78, 5) is 28.6. The van der Waals surface area contributed by atoms with Gasteiger partial charge in [-0.05, 0) is 44.5 Å². The highest BCUT2D eigenvalue weighted by Gasteiger charge is 2.28. The lowest BCUT2D eigenvalue weighted by Gasteiger charge is -2.38. The topological polar surface area (TPSA) is 64.6 Å². The van der Waals surface area contributed by atoms with Gasteiger partial charge in [0.25, 0.3) is 0 Å². The van der Waals surface area contributed by atoms with Crippen LogP contribution >= 0.6 is 0 Å². The molecular formula is C23H31FN6O. The summed E-state index contributed by atoms with van der Waals surface area (Å²) in [6, 6.07) is 6.15. The number of rotatable bonds is 5. The lowest BCUT2D eigenvalue weighted by atomic mass is 9.95. The maximum Gasteiger partial charge on any atom is 0.223 e. The van der Waals surface area contributed by atoms with Gasteiger partial charge in [-0.15, -0.1) is 0 Å². The second-order valence-electron chi connectivity index (χ2n) is 8.57. The van der Waals surface area contributed by atoms with Crippen molar-refractivity contribution in [1.82, 2.24) is 20.2 Å². The van der Waals surface area contributed by atoms with Gasteiger partial charge >= 0.3 is 0 Å². The first-order chi connectivity index (χ1) is 15.0. The Morgan fingerprint density at radius 3 is 2.42 bits per heavy atom. The molecule has 2 fully saturated rings. The molecular weight excluding hydrogens is 395 g/mol. The van der Waals surface area contributed by atoms with Crippen LogP contribution in [0.4, 0.5) is 15.9 Å². The van der Waals surface area contributed by atoms with Gasteiger partial charge in [0.05, 0.1) is 17.9 Å². The molecule has 1 amide bonds. The van der Waals surface area contributed by atoms with E-state index in [9.17, 15) is 9.18 Å². The minimum absolute atomic E-state index is 0.0177. The van der Waals surface area contributed by atoms with E-state index in [2.05, 4.69) is 37.0 Å². The molecule has 31 heavy (non-hydrogen) atoms. The van der Waals surface area contributed by atoms with Crippen LogP contribution in [0.25, 0.3) is 0 Å². The number of anilines is 2. The van der Waals surface area contributed by atoms with E-state index >= 15 is 0 Å². The Balaban J connectivity index is 1.34. The Bertz CT molecular complexity index is 876. The van der Waals surface area contributed by atoms with Crippen molar-refractivity contribution in [2.75, 3.05) is 56.1 Å². The van der Waals surface area contributed by atoms with Gasteiger partial charge in [-0.25, -0.2) is 14.4 Å². The summed E-state index contributed by atoms with van der Waals surface area (Å²) in [6.07, 6.45) is 5.10. The fraction of sp³-hybridized carbons (Fsp3) is 0.522. The van der Waals surface area contributed by atoms with Crippen LogP contribution in [0.2, 0.25) is 0 Å². The number of carbonyl (C=O) groups is 1. The predicted octanol–water partition coefficient (Wildman–Crippen LogP) is 2.46. The summed E-state index contributed by atoms with van der Waals surface area (Å²) >= 11 is 0. The van der Waals surface area contributed by atoms with Crippen molar-refractivity contribution < 1.29 is 9.18 Å². The molecule has 8 heteroatoms. The van der Waals surface area contributed by atoms with Crippen molar-refractivity contribution in [3.05, 3.63) is 48.2 Å². The van der Waals surface area contributed by atoms with E-state index in [1.807, 2.05) is 13.1 Å². The number of likely N-dealkylation sites (N-methyl/N-ethyl adjacent to an activating group) is 1. The second-order valence-corrected chi connectivity index (χ2v) is 8.57. The van der Waals surface area contributed by atoms with Crippen LogP contribution in [0.5, 0.6) is 0 Å².